The Morgan fingerprint density at radius 2 is 1.28 bits per heavy atom. The summed E-state index contributed by atoms with van der Waals surface area (Å²) in [5, 5.41) is 14.8. The highest BCUT2D eigenvalue weighted by Gasteiger charge is 2.32. The molecule has 3 aromatic carbocycles. The summed E-state index contributed by atoms with van der Waals surface area (Å²) in [5.74, 6) is -2.42. The van der Waals surface area contributed by atoms with Crippen molar-refractivity contribution in [3.8, 4) is 0 Å². The zero-order valence-corrected chi connectivity index (χ0v) is 17.3. The number of rotatable bonds is 9. The number of benzene rings is 3. The number of carbonyl (C=O) groups is 3. The van der Waals surface area contributed by atoms with Crippen LogP contribution in [0.5, 0.6) is 0 Å². The van der Waals surface area contributed by atoms with Crippen LogP contribution in [0.4, 0.5) is 4.79 Å². The summed E-state index contributed by atoms with van der Waals surface area (Å²) in [5.41, 5.74) is 2.31. The fraction of sp³-hybridized carbons (Fsp3) is 0.160. The molecular weight excluding hydrogens is 408 g/mol. The zero-order chi connectivity index (χ0) is 22.8. The van der Waals surface area contributed by atoms with Crippen LogP contribution in [0.2, 0.25) is 0 Å². The van der Waals surface area contributed by atoms with Crippen molar-refractivity contribution in [2.45, 2.75) is 18.6 Å². The maximum absolute atomic E-state index is 12.5. The molecule has 0 spiro atoms. The number of hydrogen-bond acceptors (Lipinski definition) is 4. The van der Waals surface area contributed by atoms with Gasteiger partial charge in [-0.3, -0.25) is 4.79 Å². The van der Waals surface area contributed by atoms with E-state index in [1.54, 1.807) is 0 Å². The number of carbonyl (C=O) groups excluding carboxylic acids is 2. The summed E-state index contributed by atoms with van der Waals surface area (Å²) in [6, 6.07) is 26.1. The molecule has 1 atom stereocenters. The van der Waals surface area contributed by atoms with E-state index in [9.17, 15) is 19.5 Å². The van der Waals surface area contributed by atoms with Crippen molar-refractivity contribution in [1.82, 2.24) is 10.6 Å². The van der Waals surface area contributed by atoms with Crippen molar-refractivity contribution in [1.29, 1.82) is 0 Å². The number of hydrogen-bond donors (Lipinski definition) is 3. The molecule has 2 amide bonds. The lowest BCUT2D eigenvalue weighted by Crippen LogP contribution is -2.48. The number of amides is 2. The molecule has 0 aliphatic carbocycles. The van der Waals surface area contributed by atoms with Gasteiger partial charge in [-0.05, 0) is 16.7 Å². The molecule has 0 unspecified atom stereocenters. The number of alkyl carbamates (subject to hydrolysis) is 1. The number of aliphatic carboxylic acids is 1. The van der Waals surface area contributed by atoms with Gasteiger partial charge in [-0.15, -0.1) is 0 Å². The van der Waals surface area contributed by atoms with Crippen molar-refractivity contribution < 1.29 is 24.2 Å². The molecule has 0 aliphatic heterocycles. The molecule has 0 saturated heterocycles. The first-order chi connectivity index (χ1) is 15.5. The molecule has 32 heavy (non-hydrogen) atoms. The Labute approximate surface area is 186 Å². The number of carboxylic acid groups (broad SMARTS) is 1. The maximum atomic E-state index is 12.5. The average molecular weight is 432 g/mol. The molecular formula is C25H24N2O5. The summed E-state index contributed by atoms with van der Waals surface area (Å²) in [6.45, 7) is -0.343. The van der Waals surface area contributed by atoms with Crippen molar-refractivity contribution in [3.05, 3.63) is 108 Å². The van der Waals surface area contributed by atoms with Gasteiger partial charge in [0, 0.05) is 5.92 Å². The van der Waals surface area contributed by atoms with Gasteiger partial charge in [-0.25, -0.2) is 9.59 Å². The molecule has 0 aliphatic rings. The Morgan fingerprint density at radius 3 is 1.78 bits per heavy atom. The monoisotopic (exact) mass is 432 g/mol. The van der Waals surface area contributed by atoms with E-state index in [1.807, 2.05) is 91.0 Å². The summed E-state index contributed by atoms with van der Waals surface area (Å²) >= 11 is 0. The van der Waals surface area contributed by atoms with Crippen LogP contribution in [0.25, 0.3) is 0 Å². The second kappa shape index (κ2) is 11.3. The van der Waals surface area contributed by atoms with Crippen LogP contribution in [0.3, 0.4) is 0 Å². The van der Waals surface area contributed by atoms with Gasteiger partial charge < -0.3 is 20.5 Å². The molecule has 0 bridgehead atoms. The summed E-state index contributed by atoms with van der Waals surface area (Å²) in [6.07, 6.45) is -0.765. The minimum atomic E-state index is -1.23. The molecule has 0 radical (unpaired) electrons. The Kier molecular flexibility index (Phi) is 7.97. The van der Waals surface area contributed by atoms with Gasteiger partial charge in [0.2, 0.25) is 5.91 Å². The minimum absolute atomic E-state index is 0.0656. The Morgan fingerprint density at radius 1 is 0.781 bits per heavy atom. The van der Waals surface area contributed by atoms with Crippen LogP contribution in [0.15, 0.2) is 91.0 Å². The first-order valence-corrected chi connectivity index (χ1v) is 10.1. The van der Waals surface area contributed by atoms with E-state index < -0.39 is 36.5 Å². The maximum Gasteiger partial charge on any atom is 0.407 e. The molecule has 0 saturated carbocycles. The normalized spacial score (nSPS) is 11.4. The Balaban J connectivity index is 1.64. The van der Waals surface area contributed by atoms with E-state index in [4.69, 9.17) is 4.74 Å². The molecule has 3 N–H and O–H groups in total. The highest BCUT2D eigenvalue weighted by molar-refractivity contribution is 5.87. The smallest absolute Gasteiger partial charge is 0.407 e. The fourth-order valence-electron chi connectivity index (χ4n) is 3.34. The predicted octanol–water partition coefficient (Wildman–Crippen LogP) is 3.31. The third-order valence-corrected chi connectivity index (χ3v) is 4.84. The number of ether oxygens (including phenoxy) is 1. The van der Waals surface area contributed by atoms with Crippen molar-refractivity contribution >= 4 is 18.0 Å². The summed E-state index contributed by atoms with van der Waals surface area (Å²) < 4.78 is 5.07. The topological polar surface area (TPSA) is 105 Å². The summed E-state index contributed by atoms with van der Waals surface area (Å²) in [4.78, 5) is 36.4. The van der Waals surface area contributed by atoms with Crippen LogP contribution in [-0.2, 0) is 20.9 Å². The molecule has 0 aromatic heterocycles. The highest BCUT2D eigenvalue weighted by Crippen LogP contribution is 2.28. The number of carboxylic acids is 1. The lowest BCUT2D eigenvalue weighted by molar-refractivity contribution is -0.142. The van der Waals surface area contributed by atoms with Crippen LogP contribution in [-0.4, -0.2) is 35.7 Å². The first kappa shape index (κ1) is 22.6. The Bertz CT molecular complexity index is 986. The fourth-order valence-corrected chi connectivity index (χ4v) is 3.34. The average Bonchev–Trinajstić information content (AvgIpc) is 2.83. The first-order valence-electron chi connectivity index (χ1n) is 10.1. The molecule has 7 heteroatoms. The van der Waals surface area contributed by atoms with E-state index >= 15 is 0 Å². The van der Waals surface area contributed by atoms with Gasteiger partial charge in [-0.1, -0.05) is 91.0 Å². The van der Waals surface area contributed by atoms with Crippen LogP contribution >= 0.6 is 0 Å². The lowest BCUT2D eigenvalue weighted by Gasteiger charge is -2.26. The van der Waals surface area contributed by atoms with Gasteiger partial charge in [0.25, 0.3) is 0 Å². The molecule has 0 heterocycles. The van der Waals surface area contributed by atoms with E-state index in [2.05, 4.69) is 10.6 Å². The third-order valence-electron chi connectivity index (χ3n) is 4.84. The molecule has 164 valence electrons. The second-order valence-corrected chi connectivity index (χ2v) is 7.10. The van der Waals surface area contributed by atoms with Crippen molar-refractivity contribution in [2.24, 2.45) is 0 Å². The zero-order valence-electron chi connectivity index (χ0n) is 17.3. The van der Waals surface area contributed by atoms with Gasteiger partial charge in [-0.2, -0.15) is 0 Å². The van der Waals surface area contributed by atoms with Gasteiger partial charge in [0.15, 0.2) is 0 Å². The van der Waals surface area contributed by atoms with Crippen LogP contribution in [0.1, 0.15) is 22.6 Å². The van der Waals surface area contributed by atoms with Crippen molar-refractivity contribution in [2.75, 3.05) is 6.54 Å². The van der Waals surface area contributed by atoms with E-state index in [0.29, 0.717) is 0 Å². The lowest BCUT2D eigenvalue weighted by atomic mass is 9.85. The standard InChI is InChI=1S/C25H24N2O5/c28-21(16-26-25(31)32-17-18-10-4-1-5-11-18)27-23(24(29)30)22(19-12-6-2-7-13-19)20-14-8-3-9-15-20/h1-15,22-23H,16-17H2,(H,26,31)(H,27,28)(H,29,30)/t23-/m0/s1. The quantitative estimate of drug-likeness (QED) is 0.481. The minimum Gasteiger partial charge on any atom is -0.480 e. The van der Waals surface area contributed by atoms with Crippen LogP contribution < -0.4 is 10.6 Å². The second-order valence-electron chi connectivity index (χ2n) is 7.10. The largest absolute Gasteiger partial charge is 0.480 e. The third kappa shape index (κ3) is 6.43. The van der Waals surface area contributed by atoms with Crippen LogP contribution in [0, 0.1) is 0 Å². The SMILES string of the molecule is O=C(CNC(=O)OCc1ccccc1)N[C@H](C(=O)O)C(c1ccccc1)c1ccccc1. The highest BCUT2D eigenvalue weighted by atomic mass is 16.5. The predicted molar refractivity (Wildman–Crippen MR) is 119 cm³/mol. The van der Waals surface area contributed by atoms with E-state index in [1.165, 1.54) is 0 Å². The van der Waals surface area contributed by atoms with Gasteiger partial charge in [0.05, 0.1) is 0 Å². The van der Waals surface area contributed by atoms with Gasteiger partial charge in [0.1, 0.15) is 19.2 Å². The molecule has 7 nitrogen and oxygen atoms in total. The molecule has 3 rings (SSSR count). The van der Waals surface area contributed by atoms with Crippen molar-refractivity contribution in [3.63, 3.8) is 0 Å². The molecule has 3 aromatic rings. The Hall–Kier alpha value is -4.13. The van der Waals surface area contributed by atoms with Gasteiger partial charge >= 0.3 is 12.1 Å². The van der Waals surface area contributed by atoms with E-state index in [0.717, 1.165) is 16.7 Å². The molecule has 0 fully saturated rings. The summed E-state index contributed by atoms with van der Waals surface area (Å²) in [7, 11) is 0. The number of nitrogens with one attached hydrogen (secondary N) is 2. The van der Waals surface area contributed by atoms with E-state index in [-0.39, 0.29) is 6.61 Å².